The van der Waals surface area contributed by atoms with Crippen molar-refractivity contribution in [3.8, 4) is 11.5 Å². The molecule has 58 heavy (non-hydrogen) atoms. The Bertz CT molecular complexity index is 1390. The van der Waals surface area contributed by atoms with Crippen molar-refractivity contribution < 1.29 is 9.47 Å². The molecule has 0 amide bonds. The van der Waals surface area contributed by atoms with Crippen molar-refractivity contribution in [3.05, 3.63) is 33.9 Å². The fourth-order valence-electron chi connectivity index (χ4n) is 5.58. The smallest absolute Gasteiger partial charge is 0.149 e. The molecular weight excluding hydrogens is 992 g/mol. The van der Waals surface area contributed by atoms with Gasteiger partial charge in [-0.25, -0.2) is 0 Å². The average molecular weight is 1050 g/mol. The first kappa shape index (κ1) is 51.5. The minimum Gasteiger partial charge on any atom is -0.491 e. The molecule has 0 unspecified atom stereocenters. The van der Waals surface area contributed by atoms with E-state index >= 15 is 0 Å². The fraction of sp³-hybridized carbons (Fsp3) is 0.667. The molecule has 5 rings (SSSR count). The number of fused-ring (bicyclic) bond motifs is 2. The van der Waals surface area contributed by atoms with E-state index in [1.807, 2.05) is 94.1 Å². The molecule has 16 heteroatoms. The molecule has 4 heterocycles. The van der Waals surface area contributed by atoms with Crippen LogP contribution in [-0.4, -0.2) is 48.0 Å². The monoisotopic (exact) mass is 1050 g/mol. The van der Waals surface area contributed by atoms with E-state index in [0.29, 0.717) is 0 Å². The number of benzene rings is 1. The van der Waals surface area contributed by atoms with Gasteiger partial charge in [0.1, 0.15) is 11.5 Å². The van der Waals surface area contributed by atoms with Crippen LogP contribution in [0.25, 0.3) is 0 Å². The molecule has 0 radical (unpaired) electrons. The van der Waals surface area contributed by atoms with Gasteiger partial charge in [-0.2, -0.15) is 0 Å². The van der Waals surface area contributed by atoms with Gasteiger partial charge in [0, 0.05) is 11.8 Å². The molecule has 0 atom stereocenters. The number of ether oxygens (including phenoxy) is 2. The third-order valence-corrected chi connectivity index (χ3v) is 27.1. The third kappa shape index (κ3) is 15.9. The third-order valence-electron chi connectivity index (χ3n) is 8.90. The molecule has 0 saturated carbocycles. The molecule has 4 aliphatic heterocycles. The molecule has 0 aliphatic carbocycles. The van der Waals surface area contributed by atoms with Gasteiger partial charge in [-0.3, -0.25) is 0 Å². The van der Waals surface area contributed by atoms with Gasteiger partial charge < -0.3 is 9.47 Å². The van der Waals surface area contributed by atoms with E-state index in [4.69, 9.17) is 32.7 Å². The lowest BCUT2D eigenvalue weighted by atomic mass is 10.2. The number of alkyl halides is 2. The maximum Gasteiger partial charge on any atom is 0.149 e. The Kier molecular flexibility index (Phi) is 26.6. The van der Waals surface area contributed by atoms with Crippen LogP contribution in [0.3, 0.4) is 0 Å². The lowest BCUT2D eigenvalue weighted by molar-refractivity contribution is 0.271. The number of hydrogen-bond acceptors (Lipinski definition) is 14. The van der Waals surface area contributed by atoms with Crippen molar-refractivity contribution in [1.82, 2.24) is 0 Å². The van der Waals surface area contributed by atoms with Gasteiger partial charge in [-0.1, -0.05) is 173 Å². The highest BCUT2D eigenvalue weighted by atomic mass is 35.5. The first-order chi connectivity index (χ1) is 28.6. The lowest BCUT2D eigenvalue weighted by Gasteiger charge is -2.18. The summed E-state index contributed by atoms with van der Waals surface area (Å²) in [5.41, 5.74) is 0. The second-order valence-corrected chi connectivity index (χ2v) is 29.2. The van der Waals surface area contributed by atoms with Crippen LogP contribution in [-0.2, 0) is 0 Å². The molecule has 0 bridgehead atoms. The van der Waals surface area contributed by atoms with Crippen molar-refractivity contribution in [1.29, 1.82) is 0 Å². The summed E-state index contributed by atoms with van der Waals surface area (Å²) in [6.07, 6.45) is 18.8. The van der Waals surface area contributed by atoms with E-state index in [2.05, 4.69) is 74.7 Å². The molecule has 0 aromatic heterocycles. The van der Waals surface area contributed by atoms with E-state index in [0.717, 1.165) is 87.8 Å². The highest BCUT2D eigenvalue weighted by Crippen LogP contribution is 2.73. The number of rotatable bonds is 30. The molecule has 4 aliphatic rings. The second-order valence-electron chi connectivity index (χ2n) is 13.8. The van der Waals surface area contributed by atoms with Crippen LogP contribution in [0.2, 0.25) is 0 Å². The summed E-state index contributed by atoms with van der Waals surface area (Å²) in [6, 6.07) is 0. The SMILES string of the molecule is CCCCSC1=C(SCCCC)SC(=C2Sc3c(OCCCCCCCl)c4c(c(OCCCCCCCl)c3S2)SC(=C2SC(SCCCC)=C(SCCCC)S2)S4)S1. The zero-order chi connectivity index (χ0) is 41.0. The van der Waals surface area contributed by atoms with E-state index in [-0.39, 0.29) is 0 Å². The van der Waals surface area contributed by atoms with Crippen molar-refractivity contribution in [3.63, 3.8) is 0 Å². The number of thioether (sulfide) groups is 12. The van der Waals surface area contributed by atoms with Crippen LogP contribution < -0.4 is 9.47 Å². The maximum atomic E-state index is 6.99. The first-order valence-electron chi connectivity index (χ1n) is 21.1. The van der Waals surface area contributed by atoms with E-state index in [1.54, 1.807) is 0 Å². The molecule has 1 aromatic carbocycles. The Balaban J connectivity index is 1.48. The molecule has 2 nitrogen and oxygen atoms in total. The molecule has 0 spiro atoms. The first-order valence-corrected chi connectivity index (χ1v) is 32.6. The second kappa shape index (κ2) is 30.0. The molecule has 0 N–H and O–H groups in total. The molecule has 1 aromatic rings. The molecule has 0 fully saturated rings. The Morgan fingerprint density at radius 2 is 0.638 bits per heavy atom. The van der Waals surface area contributed by atoms with Crippen LogP contribution in [0.4, 0.5) is 0 Å². The highest BCUT2D eigenvalue weighted by molar-refractivity contribution is 8.43. The fourth-order valence-corrected chi connectivity index (χ4v) is 24.4. The van der Waals surface area contributed by atoms with Gasteiger partial charge in [0.2, 0.25) is 0 Å². The zero-order valence-electron chi connectivity index (χ0n) is 34.4. The minimum atomic E-state index is 0.721. The lowest BCUT2D eigenvalue weighted by Crippen LogP contribution is -2.04. The summed E-state index contributed by atoms with van der Waals surface area (Å²) < 4.78 is 25.6. The summed E-state index contributed by atoms with van der Waals surface area (Å²) >= 11 is 36.1. The maximum absolute atomic E-state index is 6.99. The van der Waals surface area contributed by atoms with Crippen molar-refractivity contribution in [2.45, 2.75) is 150 Å². The van der Waals surface area contributed by atoms with Gasteiger partial charge in [-0.15, -0.1) is 70.2 Å². The standard InChI is InChI=1S/C42H60Cl2O2S12/c1-5-9-25-47-35-36(48-26-10-6-2)56-41(55-35)39-51-31-29(45-23-19-15-13-17-21-43)33-34(30(32(31)52-39)46-24-20-16-14-18-22-44)54-40(53-33)42-57-37(49-27-11-7-3)38(58-42)50-28-12-8-4/h5-28H2,1-4H3. The highest BCUT2D eigenvalue weighted by Gasteiger charge is 2.40. The summed E-state index contributed by atoms with van der Waals surface area (Å²) in [6.45, 7) is 10.6. The quantitative estimate of drug-likeness (QED) is 0.0538. The van der Waals surface area contributed by atoms with Crippen molar-refractivity contribution >= 4 is 164 Å². The van der Waals surface area contributed by atoms with Crippen LogP contribution in [0, 0.1) is 0 Å². The summed E-state index contributed by atoms with van der Waals surface area (Å²) in [7, 11) is 0. The Labute approximate surface area is 412 Å². The largest absolute Gasteiger partial charge is 0.491 e. The van der Waals surface area contributed by atoms with Crippen molar-refractivity contribution in [2.75, 3.05) is 48.0 Å². The van der Waals surface area contributed by atoms with Crippen LogP contribution in [0.1, 0.15) is 130 Å². The van der Waals surface area contributed by atoms with Gasteiger partial charge >= 0.3 is 0 Å². The van der Waals surface area contributed by atoms with Gasteiger partial charge in [0.15, 0.2) is 0 Å². The van der Waals surface area contributed by atoms with E-state index in [1.165, 1.54) is 128 Å². The van der Waals surface area contributed by atoms with E-state index in [9.17, 15) is 0 Å². The van der Waals surface area contributed by atoms with E-state index < -0.39 is 0 Å². The number of hydrogen-bond donors (Lipinski definition) is 0. The van der Waals surface area contributed by atoms with Gasteiger partial charge in [0.25, 0.3) is 0 Å². The van der Waals surface area contributed by atoms with Gasteiger partial charge in [-0.05, 0) is 74.4 Å². The summed E-state index contributed by atoms with van der Waals surface area (Å²) in [5, 5.41) is 0. The minimum absolute atomic E-state index is 0.721. The molecule has 326 valence electrons. The zero-order valence-corrected chi connectivity index (χ0v) is 45.8. The predicted molar refractivity (Wildman–Crippen MR) is 287 cm³/mol. The Morgan fingerprint density at radius 1 is 0.362 bits per heavy atom. The number of halogens is 2. The van der Waals surface area contributed by atoms with Crippen molar-refractivity contribution in [2.24, 2.45) is 0 Å². The average Bonchev–Trinajstić information content (AvgIpc) is 4.04. The van der Waals surface area contributed by atoms with Gasteiger partial charge in [0.05, 0.1) is 66.7 Å². The molecule has 0 saturated heterocycles. The molecular formula is C42H60Cl2O2S12. The summed E-state index contributed by atoms with van der Waals surface area (Å²) in [5.74, 6) is 8.37. The topological polar surface area (TPSA) is 18.5 Å². The summed E-state index contributed by atoms with van der Waals surface area (Å²) in [4.78, 5) is 5.03. The normalized spacial score (nSPS) is 16.5. The Morgan fingerprint density at radius 3 is 0.914 bits per heavy atom. The van der Waals surface area contributed by atoms with Crippen LogP contribution in [0.15, 0.2) is 53.5 Å². The Hall–Kier alpha value is 2.56. The number of unbranched alkanes of at least 4 members (excludes halogenated alkanes) is 10. The predicted octanol–water partition coefficient (Wildman–Crippen LogP) is 20.0. The van der Waals surface area contributed by atoms with Crippen LogP contribution >= 0.6 is 164 Å². The van der Waals surface area contributed by atoms with Crippen LogP contribution in [0.5, 0.6) is 11.5 Å².